The Balaban J connectivity index is 0.000000150. The molecule has 4 aromatic carbocycles. The van der Waals surface area contributed by atoms with Crippen LogP contribution >= 0.6 is 93.1 Å². The molecule has 3 aliphatic carbocycles. The number of hydrogen-bond acceptors (Lipinski definition) is 30. The van der Waals surface area contributed by atoms with Gasteiger partial charge in [0.1, 0.15) is 5.75 Å². The van der Waals surface area contributed by atoms with Crippen LogP contribution < -0.4 is 38.4 Å². The minimum atomic E-state index is -3.97. The summed E-state index contributed by atoms with van der Waals surface area (Å²) in [6.07, 6.45) is 4.14. The van der Waals surface area contributed by atoms with E-state index >= 15 is 0 Å². The summed E-state index contributed by atoms with van der Waals surface area (Å²) in [6.45, 7) is 34.7. The summed E-state index contributed by atoms with van der Waals surface area (Å²) in [6, 6.07) is 19.1. The second-order valence-corrected chi connectivity index (χ2v) is 51.5. The molecule has 1 unspecified atom stereocenters. The lowest BCUT2D eigenvalue weighted by Gasteiger charge is -2.40. The van der Waals surface area contributed by atoms with Crippen LogP contribution in [-0.4, -0.2) is 148 Å². The number of anilines is 3. The van der Waals surface area contributed by atoms with Gasteiger partial charge in [-0.3, -0.25) is 75.6 Å². The fourth-order valence-electron chi connectivity index (χ4n) is 15.2. The van der Waals surface area contributed by atoms with E-state index in [0.717, 1.165) is 11.1 Å². The average molecular weight is 1990 g/mol. The number of phosphoric ester groups is 3. The van der Waals surface area contributed by atoms with E-state index < -0.39 is 92.5 Å². The molecule has 694 valence electrons. The Hall–Kier alpha value is -7.87. The van der Waals surface area contributed by atoms with Gasteiger partial charge >= 0.3 is 23.5 Å². The Morgan fingerprint density at radius 2 is 0.860 bits per heavy atom. The number of nitrogens with one attached hydrogen (secondary N) is 3. The normalized spacial score (nSPS) is 26.3. The summed E-state index contributed by atoms with van der Waals surface area (Å²) in [5, 5.41) is 34.1. The number of non-ortho nitro benzene ring substituents is 1. The van der Waals surface area contributed by atoms with Crippen LogP contribution in [0.15, 0.2) is 149 Å². The molecule has 16 rings (SSSR count). The van der Waals surface area contributed by atoms with E-state index in [4.69, 9.17) is 136 Å². The molecule has 3 saturated carbocycles. The maximum Gasteiger partial charge on any atom is 0.530 e. The van der Waals surface area contributed by atoms with Crippen LogP contribution in [0.2, 0.25) is 66.4 Å². The van der Waals surface area contributed by atoms with Crippen molar-refractivity contribution >= 4 is 167 Å². The van der Waals surface area contributed by atoms with Gasteiger partial charge < -0.3 is 54.5 Å². The second kappa shape index (κ2) is 39.4. The predicted octanol–water partition coefficient (Wildman–Crippen LogP) is 18.4. The topological polar surface area (TPSA) is 505 Å². The number of H-pyrrole nitrogens is 3. The molecule has 3 aliphatic heterocycles. The van der Waals surface area contributed by atoms with E-state index in [9.17, 15) is 48.4 Å². The van der Waals surface area contributed by atoms with Crippen molar-refractivity contribution in [2.24, 2.45) is 17.8 Å². The summed E-state index contributed by atoms with van der Waals surface area (Å²) in [5.41, 5.74) is 21.5. The van der Waals surface area contributed by atoms with E-state index in [1.807, 2.05) is 4.57 Å². The highest BCUT2D eigenvalue weighted by Gasteiger charge is 2.51. The van der Waals surface area contributed by atoms with Crippen LogP contribution in [-0.2, 0) is 58.7 Å². The van der Waals surface area contributed by atoms with E-state index in [2.05, 4.69) is 132 Å². The molecule has 15 atom stereocenters. The Morgan fingerprint density at radius 1 is 0.527 bits per heavy atom. The number of nitrogen functional groups attached to an aromatic ring is 3. The molecular weight excluding hydrogens is 1890 g/mol. The number of benzene rings is 4. The summed E-state index contributed by atoms with van der Waals surface area (Å²) in [5.74, 6) is -0.990. The first-order chi connectivity index (χ1) is 60.6. The third kappa shape index (κ3) is 22.1. The Kier molecular flexibility index (Phi) is 30.1. The smallest absolute Gasteiger partial charge is 0.413 e. The van der Waals surface area contributed by atoms with E-state index in [1.54, 1.807) is 76.4 Å². The number of nitrogens with zero attached hydrogens (tertiary/aromatic N) is 10. The molecule has 0 radical (unpaired) electrons. The van der Waals surface area contributed by atoms with Crippen molar-refractivity contribution in [3.05, 3.63) is 222 Å². The van der Waals surface area contributed by atoms with Gasteiger partial charge in [0.25, 0.3) is 22.4 Å². The molecule has 0 spiro atoms. The van der Waals surface area contributed by atoms with Crippen molar-refractivity contribution in [1.82, 2.24) is 58.6 Å². The number of halogens is 6. The molecular formula is C81H99Cl6N16O21P3Si2. The first-order valence-corrected chi connectivity index (χ1v) is 53.3. The van der Waals surface area contributed by atoms with Crippen LogP contribution in [0.25, 0.3) is 33.5 Å². The number of hydrogen-bond donors (Lipinski definition) is 8. The molecule has 129 heavy (non-hydrogen) atoms. The number of aliphatic hydroxyl groups excluding tert-OH is 2. The molecule has 9 heterocycles. The third-order valence-electron chi connectivity index (χ3n) is 24.2. The predicted molar refractivity (Wildman–Crippen MR) is 495 cm³/mol. The molecule has 10 aromatic rings. The lowest BCUT2D eigenvalue weighted by atomic mass is 10.0. The third-order valence-corrected chi connectivity index (χ3v) is 39.3. The number of rotatable bonds is 20. The molecule has 48 heteroatoms. The Morgan fingerprint density at radius 3 is 1.22 bits per heavy atom. The van der Waals surface area contributed by atoms with E-state index in [1.165, 1.54) is 30.6 Å². The maximum atomic E-state index is 13.7. The van der Waals surface area contributed by atoms with Crippen molar-refractivity contribution in [3.8, 4) is 5.75 Å². The van der Waals surface area contributed by atoms with Gasteiger partial charge in [-0.15, -0.1) is 0 Å². The van der Waals surface area contributed by atoms with Crippen molar-refractivity contribution < 1.29 is 78.4 Å². The molecule has 6 aliphatic rings. The molecule has 3 saturated heterocycles. The number of imidazole rings is 3. The van der Waals surface area contributed by atoms with Crippen molar-refractivity contribution in [2.75, 3.05) is 56.8 Å². The molecule has 0 amide bonds. The Bertz CT molecular complexity index is 6270. The van der Waals surface area contributed by atoms with Gasteiger partial charge in [-0.2, -0.15) is 15.0 Å². The van der Waals surface area contributed by atoms with Crippen LogP contribution in [0.3, 0.4) is 0 Å². The largest absolute Gasteiger partial charge is 0.530 e. The first-order valence-electron chi connectivity index (χ1n) is 40.8. The highest BCUT2D eigenvalue weighted by atomic mass is 35.5. The molecule has 6 fully saturated rings. The highest BCUT2D eigenvalue weighted by Crippen LogP contribution is 2.62. The van der Waals surface area contributed by atoms with Crippen LogP contribution in [0.5, 0.6) is 5.75 Å². The average Bonchev–Trinajstić information content (AvgIpc) is 1.64. The zero-order valence-electron chi connectivity index (χ0n) is 71.7. The quantitative estimate of drug-likeness (QED) is 0.0115. The van der Waals surface area contributed by atoms with Crippen LogP contribution in [0.1, 0.15) is 133 Å². The Labute approximate surface area is 772 Å². The number of phosphoric acid groups is 3. The summed E-state index contributed by atoms with van der Waals surface area (Å²) in [7, 11) is -16.1. The molecule has 37 nitrogen and oxygen atoms in total. The van der Waals surface area contributed by atoms with Gasteiger partial charge in [-0.1, -0.05) is 131 Å². The van der Waals surface area contributed by atoms with Crippen molar-refractivity contribution in [3.63, 3.8) is 0 Å². The number of aromatic nitrogens is 12. The standard InChI is InChI=1S/C27H36Cl2N5O6PSi.C21H22Cl2N5O6P.C18H29N5O3Si.C15H12Cl2NO6P/c1-15-18(13-38-41(36)37-10-9-21(39-41)17-11-16(28)7-8-19(17)29)22(40-42(5,6)27(2,3)4)12-20(15)34-14-31-23-24(34)32-26(30)33-25(23)35;1-10-13(16(29)7-15(10)28-9-25-18-19(28)26-21(24)27-20(18)30)8-33-35(31)32-5-4-17(34-35)12-6-11(22)2-3-14(12)23;1-10-11(8-24)13(26-27(5,6)18(2,3)4)7-12(10)23-9-20-14-15(23)21-17(19)22-16(14)25;16-10-1-6-14(17)13(9-10)15-7-8-22-25(21,24-15)23-12-4-2-11(3-5-12)18(19)20/h7-8,11,14,18,20-22H,1,9-10,12-13H2,2-6H3,(H3,30,32,33,35);2-3,6,9,13,15-17,29H,1,4-5,7-8H2,(H3,24,26,27,30);9,11-13,24H,1,7-8H2,2-6H3,(H3,19,21,22,25);1-6,9,15H,7-8H2/t18-,20-,21+,22-,41-;13-,15-,16-,17+,35-;11-,12-,13-;15-,25?/m0001/s1. The molecule has 6 aromatic heterocycles. The van der Waals surface area contributed by atoms with Gasteiger partial charge in [0, 0.05) is 96.0 Å². The summed E-state index contributed by atoms with van der Waals surface area (Å²) < 4.78 is 108. The lowest BCUT2D eigenvalue weighted by Crippen LogP contribution is -2.45. The first kappa shape index (κ1) is 98.6. The SMILES string of the molecule is C=C1[C@H](CO)[C@@H](O[Si](C)(C)C(C)(C)C)C[C@@H]1n1cnc2c(=O)[nH]c(N)nc21.C=C1[C@H](CO[P@]2(=O)OCC[C@H](c3cc(Cl)ccc3Cl)O2)[C@@H](O)C[C@@H]1n1cnc2c(=O)[nH]c(N)nc21.C=C1[C@H](CO[P@]2(=O)OCC[C@H](c3cc(Cl)ccc3Cl)O2)[C@@H](O[Si](C)(C)C(C)(C)C)C[C@@H]1n1cnc2c(=O)[nH]c(N)nc21.O=[N+]([O-])c1ccc(OP2(=O)OCC[C@H](c3cc(Cl)ccc3Cl)O2)cc1. The fourth-order valence-corrected chi connectivity index (χ4v) is 23.4. The van der Waals surface area contributed by atoms with Gasteiger partial charge in [0.2, 0.25) is 17.8 Å². The number of nitro groups is 1. The maximum absolute atomic E-state index is 13.7. The molecule has 11 N–H and O–H groups in total. The lowest BCUT2D eigenvalue weighted by molar-refractivity contribution is -0.384. The number of nitrogens with two attached hydrogens (primary N) is 3. The minimum Gasteiger partial charge on any atom is -0.413 e. The van der Waals surface area contributed by atoms with Crippen LogP contribution in [0, 0.1) is 27.9 Å². The summed E-state index contributed by atoms with van der Waals surface area (Å²) >= 11 is 37.0. The number of nitro benzene ring substituents is 1. The summed E-state index contributed by atoms with van der Waals surface area (Å²) in [4.78, 5) is 79.4. The molecule has 0 bridgehead atoms. The number of aliphatic hydroxyl groups is 2. The zero-order valence-corrected chi connectivity index (χ0v) is 81.0. The minimum absolute atomic E-state index is 0.00845. The van der Waals surface area contributed by atoms with E-state index in [-0.39, 0.29) is 149 Å². The number of aromatic amines is 3. The van der Waals surface area contributed by atoms with E-state index in [0.29, 0.717) is 95.8 Å². The van der Waals surface area contributed by atoms with Crippen molar-refractivity contribution in [1.29, 1.82) is 0 Å². The van der Waals surface area contributed by atoms with Gasteiger partial charge in [0.15, 0.2) is 50.1 Å². The van der Waals surface area contributed by atoms with Gasteiger partial charge in [-0.05, 0) is 139 Å². The van der Waals surface area contributed by atoms with Crippen LogP contribution in [0.4, 0.5) is 23.5 Å². The second-order valence-electron chi connectivity index (χ2n) is 34.6. The van der Waals surface area contributed by atoms with Crippen molar-refractivity contribution in [2.45, 2.75) is 171 Å². The van der Waals surface area contributed by atoms with Gasteiger partial charge in [0.05, 0.1) is 118 Å². The number of fused-ring (bicyclic) bond motifs is 3. The fraction of sp³-hybridized carbons (Fsp3) is 0.444. The zero-order chi connectivity index (χ0) is 93.7. The monoisotopic (exact) mass is 1990 g/mol. The van der Waals surface area contributed by atoms with Gasteiger partial charge in [-0.25, -0.2) is 28.6 Å². The highest BCUT2D eigenvalue weighted by molar-refractivity contribution is 7.49.